The molecule has 0 N–H and O–H groups in total. The summed E-state index contributed by atoms with van der Waals surface area (Å²) in [5.41, 5.74) is 9.06. The van der Waals surface area contributed by atoms with E-state index in [1.807, 2.05) is 121 Å². The first-order chi connectivity index (χ1) is 23.2. The van der Waals surface area contributed by atoms with Crippen LogP contribution in [-0.2, 0) is 0 Å². The predicted molar refractivity (Wildman–Crippen MR) is 184 cm³/mol. The Balaban J connectivity index is 1.32. The van der Waals surface area contributed by atoms with E-state index in [1.165, 1.54) is 0 Å². The summed E-state index contributed by atoms with van der Waals surface area (Å²) >= 11 is 0. The molecule has 0 aliphatic heterocycles. The Hall–Kier alpha value is -6.89. The van der Waals surface area contributed by atoms with Crippen LogP contribution in [0.5, 0.6) is 0 Å². The van der Waals surface area contributed by atoms with Crippen LogP contribution in [0.15, 0.2) is 144 Å². The monoisotopic (exact) mass is 601 g/mol. The number of nitriles is 2. The third-order valence-corrected chi connectivity index (χ3v) is 8.20. The highest BCUT2D eigenvalue weighted by molar-refractivity contribution is 6.12. The zero-order valence-electron chi connectivity index (χ0n) is 24.9. The highest BCUT2D eigenvalue weighted by Crippen LogP contribution is 2.40. The summed E-state index contributed by atoms with van der Waals surface area (Å²) in [5.74, 6) is 1.73. The van der Waals surface area contributed by atoms with Crippen molar-refractivity contribution >= 4 is 21.9 Å². The Morgan fingerprint density at radius 2 is 0.936 bits per heavy atom. The average molecular weight is 602 g/mol. The van der Waals surface area contributed by atoms with Gasteiger partial charge in [-0.15, -0.1) is 0 Å². The molecule has 0 aliphatic carbocycles. The Labute approximate surface area is 270 Å². The van der Waals surface area contributed by atoms with Crippen LogP contribution in [0.1, 0.15) is 11.1 Å². The van der Waals surface area contributed by atoms with Gasteiger partial charge < -0.3 is 4.42 Å². The highest BCUT2D eigenvalue weighted by Gasteiger charge is 2.18. The fourth-order valence-electron chi connectivity index (χ4n) is 5.80. The van der Waals surface area contributed by atoms with E-state index in [2.05, 4.69) is 30.3 Å². The molecule has 0 atom stereocenters. The lowest BCUT2D eigenvalue weighted by atomic mass is 9.95. The van der Waals surface area contributed by atoms with Crippen LogP contribution in [0.3, 0.4) is 0 Å². The average Bonchev–Trinajstić information content (AvgIpc) is 3.53. The molecule has 0 amide bonds. The van der Waals surface area contributed by atoms with Crippen LogP contribution in [-0.4, -0.2) is 15.0 Å². The standard InChI is InChI=1S/C41H23N5O/c42-24-26-11-15-28(16-12-26)33-21-35(29-17-13-27(25-43)14-18-29)38-36(22-33)34-20-19-32(23-37(34)47-38)41-45-39(30-7-3-1-4-8-30)44-40(46-41)31-9-5-2-6-10-31/h1-23H. The number of hydrogen-bond acceptors (Lipinski definition) is 6. The number of hydrogen-bond donors (Lipinski definition) is 0. The second kappa shape index (κ2) is 11.6. The maximum atomic E-state index is 9.38. The first-order valence-corrected chi connectivity index (χ1v) is 15.1. The molecule has 6 nitrogen and oxygen atoms in total. The third-order valence-electron chi connectivity index (χ3n) is 8.20. The van der Waals surface area contributed by atoms with Crippen molar-refractivity contribution in [1.29, 1.82) is 10.5 Å². The molecule has 0 fully saturated rings. The van der Waals surface area contributed by atoms with Gasteiger partial charge in [0.05, 0.1) is 23.3 Å². The topological polar surface area (TPSA) is 99.4 Å². The number of fused-ring (bicyclic) bond motifs is 3. The van der Waals surface area contributed by atoms with Gasteiger partial charge in [-0.3, -0.25) is 0 Å². The van der Waals surface area contributed by atoms with Crippen LogP contribution in [0.2, 0.25) is 0 Å². The molecule has 2 aromatic heterocycles. The first kappa shape index (κ1) is 27.6. The van der Waals surface area contributed by atoms with Crippen molar-refractivity contribution in [2.45, 2.75) is 0 Å². The van der Waals surface area contributed by atoms with E-state index < -0.39 is 0 Å². The van der Waals surface area contributed by atoms with E-state index in [1.54, 1.807) is 0 Å². The van der Waals surface area contributed by atoms with E-state index in [4.69, 9.17) is 19.4 Å². The summed E-state index contributed by atoms with van der Waals surface area (Å²) < 4.78 is 6.63. The second-order valence-corrected chi connectivity index (χ2v) is 11.1. The van der Waals surface area contributed by atoms with Gasteiger partial charge in [0.25, 0.3) is 0 Å². The Morgan fingerprint density at radius 1 is 0.426 bits per heavy atom. The minimum Gasteiger partial charge on any atom is -0.455 e. The quantitative estimate of drug-likeness (QED) is 0.195. The summed E-state index contributed by atoms with van der Waals surface area (Å²) in [6.45, 7) is 0. The van der Waals surface area contributed by atoms with Crippen LogP contribution in [0.4, 0.5) is 0 Å². The van der Waals surface area contributed by atoms with E-state index in [0.29, 0.717) is 34.2 Å². The van der Waals surface area contributed by atoms with Gasteiger partial charge in [0.2, 0.25) is 0 Å². The lowest BCUT2D eigenvalue weighted by molar-refractivity contribution is 0.670. The van der Waals surface area contributed by atoms with Gasteiger partial charge in [-0.2, -0.15) is 10.5 Å². The van der Waals surface area contributed by atoms with Crippen molar-refractivity contribution in [3.63, 3.8) is 0 Å². The number of nitrogens with zero attached hydrogens (tertiary/aromatic N) is 5. The third kappa shape index (κ3) is 5.17. The number of benzene rings is 6. The minimum atomic E-state index is 0.547. The van der Waals surface area contributed by atoms with Gasteiger partial charge in [-0.05, 0) is 65.2 Å². The Bertz CT molecular complexity index is 2450. The fourth-order valence-corrected chi connectivity index (χ4v) is 5.80. The van der Waals surface area contributed by atoms with Crippen molar-refractivity contribution < 1.29 is 4.42 Å². The lowest BCUT2D eigenvalue weighted by Crippen LogP contribution is -2.00. The van der Waals surface area contributed by atoms with Gasteiger partial charge in [0, 0.05) is 33.0 Å². The fraction of sp³-hybridized carbons (Fsp3) is 0. The minimum absolute atomic E-state index is 0.547. The zero-order chi connectivity index (χ0) is 31.7. The molecule has 8 rings (SSSR count). The molecule has 2 heterocycles. The summed E-state index contributed by atoms with van der Waals surface area (Å²) in [7, 11) is 0. The van der Waals surface area contributed by atoms with Crippen molar-refractivity contribution in [2.75, 3.05) is 0 Å². The molecule has 0 aliphatic rings. The van der Waals surface area contributed by atoms with Gasteiger partial charge >= 0.3 is 0 Å². The summed E-state index contributed by atoms with van der Waals surface area (Å²) in [6, 6.07) is 49.5. The van der Waals surface area contributed by atoms with Crippen LogP contribution in [0.25, 0.3) is 78.4 Å². The predicted octanol–water partition coefficient (Wildman–Crippen LogP) is 9.85. The molecular formula is C41H23N5O. The van der Waals surface area contributed by atoms with Gasteiger partial charge in [0.15, 0.2) is 17.5 Å². The van der Waals surface area contributed by atoms with E-state index in [-0.39, 0.29) is 0 Å². The highest BCUT2D eigenvalue weighted by atomic mass is 16.3. The number of aromatic nitrogens is 3. The molecule has 0 saturated carbocycles. The Kier molecular flexibility index (Phi) is 6.80. The summed E-state index contributed by atoms with van der Waals surface area (Å²) in [5, 5.41) is 20.6. The molecule has 8 aromatic rings. The smallest absolute Gasteiger partial charge is 0.164 e. The summed E-state index contributed by atoms with van der Waals surface area (Å²) in [4.78, 5) is 14.6. The Morgan fingerprint density at radius 3 is 1.49 bits per heavy atom. The molecule has 47 heavy (non-hydrogen) atoms. The maximum absolute atomic E-state index is 9.38. The SMILES string of the molecule is N#Cc1ccc(-c2cc(-c3ccc(C#N)cc3)c3oc4cc(-c5nc(-c6ccccc6)nc(-c6ccccc6)n5)ccc4c3c2)cc1. The molecule has 0 bridgehead atoms. The molecule has 6 aromatic carbocycles. The maximum Gasteiger partial charge on any atom is 0.164 e. The number of rotatable bonds is 5. The van der Waals surface area contributed by atoms with Gasteiger partial charge in [-0.1, -0.05) is 91.0 Å². The van der Waals surface area contributed by atoms with Gasteiger partial charge in [-0.25, -0.2) is 15.0 Å². The second-order valence-electron chi connectivity index (χ2n) is 11.1. The lowest BCUT2D eigenvalue weighted by Gasteiger charge is -2.08. The van der Waals surface area contributed by atoms with Crippen molar-refractivity contribution in [3.05, 3.63) is 151 Å². The van der Waals surface area contributed by atoms with Crippen LogP contribution >= 0.6 is 0 Å². The van der Waals surface area contributed by atoms with E-state index in [0.717, 1.165) is 55.3 Å². The molecule has 0 unspecified atom stereocenters. The molecule has 218 valence electrons. The van der Waals surface area contributed by atoms with Crippen molar-refractivity contribution in [3.8, 4) is 68.6 Å². The van der Waals surface area contributed by atoms with E-state index in [9.17, 15) is 10.5 Å². The molecule has 0 spiro atoms. The van der Waals surface area contributed by atoms with Crippen molar-refractivity contribution in [2.24, 2.45) is 0 Å². The van der Waals surface area contributed by atoms with Crippen LogP contribution in [0, 0.1) is 22.7 Å². The largest absolute Gasteiger partial charge is 0.455 e. The normalized spacial score (nSPS) is 10.9. The van der Waals surface area contributed by atoms with Crippen molar-refractivity contribution in [1.82, 2.24) is 15.0 Å². The zero-order valence-corrected chi connectivity index (χ0v) is 24.9. The number of furan rings is 1. The first-order valence-electron chi connectivity index (χ1n) is 15.1. The van der Waals surface area contributed by atoms with Gasteiger partial charge in [0.1, 0.15) is 11.2 Å². The molecule has 0 radical (unpaired) electrons. The molecule has 0 saturated heterocycles. The van der Waals surface area contributed by atoms with E-state index >= 15 is 0 Å². The molecular weight excluding hydrogens is 578 g/mol. The molecule has 6 heteroatoms. The van der Waals surface area contributed by atoms with Crippen LogP contribution < -0.4 is 0 Å². The summed E-state index contributed by atoms with van der Waals surface area (Å²) in [6.07, 6.45) is 0.